The molecule has 4 heterocycles. The maximum absolute atomic E-state index is 13.2. The van der Waals surface area contributed by atoms with Gasteiger partial charge in [-0.25, -0.2) is 4.98 Å². The molecule has 1 aromatic carbocycles. The van der Waals surface area contributed by atoms with Gasteiger partial charge in [-0.2, -0.15) is 10.2 Å². The van der Waals surface area contributed by atoms with Crippen LogP contribution in [0.1, 0.15) is 42.5 Å². The van der Waals surface area contributed by atoms with E-state index in [1.807, 2.05) is 30.0 Å². The Kier molecular flexibility index (Phi) is 9.57. The molecule has 10 heteroatoms. The average molecular weight is 612 g/mol. The number of anilines is 3. The van der Waals surface area contributed by atoms with Crippen LogP contribution in [-0.2, 0) is 24.1 Å². The van der Waals surface area contributed by atoms with Crippen molar-refractivity contribution < 1.29 is 4.79 Å². The van der Waals surface area contributed by atoms with Crippen LogP contribution in [-0.4, -0.2) is 123 Å². The average Bonchev–Trinajstić information content (AvgIpc) is 3.55. The minimum atomic E-state index is -0.180. The lowest BCUT2D eigenvalue weighted by molar-refractivity contribution is -0.128. The van der Waals surface area contributed by atoms with Gasteiger partial charge in [-0.3, -0.25) is 4.79 Å². The Morgan fingerprint density at radius 2 is 1.87 bits per heavy atom. The van der Waals surface area contributed by atoms with E-state index in [1.165, 1.54) is 28.9 Å². The SMILES string of the molecule is CN(C)C/C=C/C(=O)N1CCN(c2nc(N3CC[C@@H](N(C)C)C3)nc3c2CCC(N2CCCc4ccccc42)C3)C[C@@H]1CC#N. The fourth-order valence-corrected chi connectivity index (χ4v) is 7.60. The maximum atomic E-state index is 13.2. The van der Waals surface area contributed by atoms with Crippen molar-refractivity contribution in [2.75, 3.05) is 88.7 Å². The van der Waals surface area contributed by atoms with E-state index in [2.05, 4.69) is 64.0 Å². The summed E-state index contributed by atoms with van der Waals surface area (Å²) >= 11 is 0. The molecule has 6 rings (SSSR count). The van der Waals surface area contributed by atoms with Gasteiger partial charge >= 0.3 is 0 Å². The van der Waals surface area contributed by atoms with Crippen LogP contribution in [0.3, 0.4) is 0 Å². The topological polar surface area (TPSA) is 86.1 Å². The highest BCUT2D eigenvalue weighted by Gasteiger charge is 2.36. The van der Waals surface area contributed by atoms with Crippen LogP contribution in [0.2, 0.25) is 0 Å². The van der Waals surface area contributed by atoms with Crippen molar-refractivity contribution in [1.82, 2.24) is 24.7 Å². The molecule has 1 aromatic heterocycles. The van der Waals surface area contributed by atoms with Crippen LogP contribution >= 0.6 is 0 Å². The lowest BCUT2D eigenvalue weighted by atomic mass is 9.88. The summed E-state index contributed by atoms with van der Waals surface area (Å²) in [6.45, 7) is 5.54. The zero-order valence-corrected chi connectivity index (χ0v) is 27.5. The van der Waals surface area contributed by atoms with Gasteiger partial charge in [0.2, 0.25) is 11.9 Å². The number of carbonyl (C=O) groups excluding carboxylic acids is 1. The largest absolute Gasteiger partial charge is 0.368 e. The smallest absolute Gasteiger partial charge is 0.246 e. The number of rotatable bonds is 8. The van der Waals surface area contributed by atoms with Gasteiger partial charge in [0, 0.05) is 81.6 Å². The first kappa shape index (κ1) is 31.3. The van der Waals surface area contributed by atoms with Crippen LogP contribution in [0.5, 0.6) is 0 Å². The van der Waals surface area contributed by atoms with Gasteiger partial charge in [0.05, 0.1) is 24.2 Å². The first-order valence-corrected chi connectivity index (χ1v) is 16.7. The van der Waals surface area contributed by atoms with Gasteiger partial charge in [-0.1, -0.05) is 24.3 Å². The van der Waals surface area contributed by atoms with Crippen molar-refractivity contribution in [2.24, 2.45) is 0 Å². The zero-order valence-electron chi connectivity index (χ0n) is 27.5. The number of likely N-dealkylation sites (N-methyl/N-ethyl adjacent to an activating group) is 2. The minimum absolute atomic E-state index is 0.0152. The molecule has 0 N–H and O–H groups in total. The molecule has 0 saturated carbocycles. The van der Waals surface area contributed by atoms with Crippen molar-refractivity contribution in [3.8, 4) is 6.07 Å². The van der Waals surface area contributed by atoms with Crippen molar-refractivity contribution in [1.29, 1.82) is 5.26 Å². The van der Waals surface area contributed by atoms with Gasteiger partial charge in [0.25, 0.3) is 0 Å². The molecule has 0 bridgehead atoms. The molecule has 0 radical (unpaired) electrons. The third kappa shape index (κ3) is 6.80. The van der Waals surface area contributed by atoms with Crippen LogP contribution in [0.25, 0.3) is 0 Å². The number of amides is 1. The summed E-state index contributed by atoms with van der Waals surface area (Å²) in [4.78, 5) is 37.3. The molecule has 10 nitrogen and oxygen atoms in total. The summed E-state index contributed by atoms with van der Waals surface area (Å²) in [6, 6.07) is 12.0. The number of nitriles is 1. The minimum Gasteiger partial charge on any atom is -0.368 e. The molecule has 0 spiro atoms. The van der Waals surface area contributed by atoms with E-state index in [0.29, 0.717) is 44.7 Å². The predicted octanol–water partition coefficient (Wildman–Crippen LogP) is 2.98. The normalized spacial score (nSPS) is 23.5. The second-order valence-electron chi connectivity index (χ2n) is 13.6. The Bertz CT molecular complexity index is 1430. The number of para-hydroxylation sites is 1. The Labute approximate surface area is 268 Å². The molecule has 1 unspecified atom stereocenters. The molecule has 2 fully saturated rings. The zero-order chi connectivity index (χ0) is 31.5. The number of piperazine rings is 1. The Hall–Kier alpha value is -3.68. The first-order chi connectivity index (χ1) is 21.8. The first-order valence-electron chi connectivity index (χ1n) is 16.7. The van der Waals surface area contributed by atoms with Crippen molar-refractivity contribution in [2.45, 2.75) is 63.1 Å². The van der Waals surface area contributed by atoms with Gasteiger partial charge in [-0.15, -0.1) is 0 Å². The van der Waals surface area contributed by atoms with E-state index < -0.39 is 0 Å². The number of nitrogens with zero attached hydrogens (tertiary/aromatic N) is 9. The Morgan fingerprint density at radius 1 is 1.02 bits per heavy atom. The molecule has 1 aliphatic carbocycles. The molecule has 3 atom stereocenters. The van der Waals surface area contributed by atoms with Crippen LogP contribution in [0, 0.1) is 11.3 Å². The lowest BCUT2D eigenvalue weighted by Crippen LogP contribution is -2.55. The van der Waals surface area contributed by atoms with Crippen molar-refractivity contribution in [3.63, 3.8) is 0 Å². The third-order valence-corrected chi connectivity index (χ3v) is 10.1. The molecule has 1 amide bonds. The van der Waals surface area contributed by atoms with E-state index >= 15 is 0 Å². The quantitative estimate of drug-likeness (QED) is 0.419. The second-order valence-corrected chi connectivity index (χ2v) is 13.6. The number of aromatic nitrogens is 2. The van der Waals surface area contributed by atoms with Crippen LogP contribution in [0.4, 0.5) is 17.5 Å². The number of aryl methyl sites for hydroxylation is 1. The third-order valence-electron chi connectivity index (χ3n) is 10.1. The van der Waals surface area contributed by atoms with E-state index in [4.69, 9.17) is 9.97 Å². The predicted molar refractivity (Wildman–Crippen MR) is 180 cm³/mol. The summed E-state index contributed by atoms with van der Waals surface area (Å²) < 4.78 is 0. The van der Waals surface area contributed by atoms with Gasteiger partial charge < -0.3 is 29.4 Å². The highest BCUT2D eigenvalue weighted by Crippen LogP contribution is 2.37. The van der Waals surface area contributed by atoms with E-state index in [-0.39, 0.29) is 11.9 Å². The lowest BCUT2D eigenvalue weighted by Gasteiger charge is -2.43. The van der Waals surface area contributed by atoms with E-state index in [1.54, 1.807) is 6.08 Å². The van der Waals surface area contributed by atoms with Crippen LogP contribution < -0.4 is 14.7 Å². The van der Waals surface area contributed by atoms with Crippen LogP contribution in [0.15, 0.2) is 36.4 Å². The molecule has 240 valence electrons. The monoisotopic (exact) mass is 611 g/mol. The molecule has 2 aromatic rings. The molecule has 4 aliphatic rings. The highest BCUT2D eigenvalue weighted by molar-refractivity contribution is 5.88. The summed E-state index contributed by atoms with van der Waals surface area (Å²) in [5.74, 6) is 1.83. The van der Waals surface area contributed by atoms with Crippen molar-refractivity contribution in [3.05, 3.63) is 53.2 Å². The fraction of sp³-hybridized carbons (Fsp3) is 0.600. The van der Waals surface area contributed by atoms with Gasteiger partial charge in [0.15, 0.2) is 0 Å². The standard InChI is InChI=1S/C35H49N9O/c1-39(2)18-8-12-33(45)44-22-21-41(25-29(44)15-17-36)34-30-14-13-27(43-19-7-10-26-9-5-6-11-32(26)43)23-31(30)37-35(38-34)42-20-16-28(24-42)40(3)4/h5-6,8-9,11-12,27-29H,7,10,13-16,18-25H2,1-4H3/b12-8+/t27?,28-,29+/m1/s1. The van der Waals surface area contributed by atoms with Gasteiger partial charge in [0.1, 0.15) is 5.82 Å². The summed E-state index contributed by atoms with van der Waals surface area (Å²) in [7, 11) is 8.28. The second kappa shape index (κ2) is 13.8. The number of fused-ring (bicyclic) bond motifs is 2. The Morgan fingerprint density at radius 3 is 2.64 bits per heavy atom. The molecule has 2 saturated heterocycles. The summed E-state index contributed by atoms with van der Waals surface area (Å²) in [5.41, 5.74) is 5.27. The molecule has 3 aliphatic heterocycles. The highest BCUT2D eigenvalue weighted by atomic mass is 16.2. The number of carbonyl (C=O) groups is 1. The number of benzene rings is 1. The molecular formula is C35H49N9O. The fourth-order valence-electron chi connectivity index (χ4n) is 7.60. The van der Waals surface area contributed by atoms with E-state index in [0.717, 1.165) is 63.5 Å². The van der Waals surface area contributed by atoms with E-state index in [9.17, 15) is 10.1 Å². The van der Waals surface area contributed by atoms with Gasteiger partial charge in [-0.05, 0) is 71.9 Å². The molecule has 45 heavy (non-hydrogen) atoms. The summed E-state index contributed by atoms with van der Waals surface area (Å²) in [5, 5.41) is 9.72. The molecular weight excluding hydrogens is 562 g/mol. The van der Waals surface area contributed by atoms with Crippen molar-refractivity contribution >= 4 is 23.4 Å². The number of hydrogen-bond donors (Lipinski definition) is 0. The number of hydrogen-bond acceptors (Lipinski definition) is 9. The maximum Gasteiger partial charge on any atom is 0.246 e. The summed E-state index contributed by atoms with van der Waals surface area (Å²) in [6.07, 6.45) is 10.2. The Balaban J connectivity index is 1.29.